The van der Waals surface area contributed by atoms with Gasteiger partial charge in [-0.15, -0.1) is 0 Å². The second-order valence-electron chi connectivity index (χ2n) is 6.70. The van der Waals surface area contributed by atoms with Crippen LogP contribution < -0.4 is 5.32 Å². The largest absolute Gasteiger partial charge is 0.346 e. The fourth-order valence-electron chi connectivity index (χ4n) is 3.03. The van der Waals surface area contributed by atoms with Crippen LogP contribution in [0.5, 0.6) is 0 Å². The summed E-state index contributed by atoms with van der Waals surface area (Å²) in [7, 11) is -3.10. The third-order valence-electron chi connectivity index (χ3n) is 4.27. The molecule has 132 valence electrons. The van der Waals surface area contributed by atoms with E-state index in [-0.39, 0.29) is 23.2 Å². The zero-order valence-electron chi connectivity index (χ0n) is 13.8. The first-order valence-electron chi connectivity index (χ1n) is 7.97. The van der Waals surface area contributed by atoms with E-state index in [1.165, 1.54) is 18.3 Å². The zero-order valence-corrected chi connectivity index (χ0v) is 14.6. The molecule has 2 aromatic rings. The molecule has 1 N–H and O–H groups in total. The number of hydrogen-bond acceptors (Lipinski definition) is 4. The Bertz CT molecular complexity index is 914. The highest BCUT2D eigenvalue weighted by Crippen LogP contribution is 2.23. The first-order chi connectivity index (χ1) is 11.7. The molecular formula is C18H19FN2O3S. The normalized spacial score (nSPS) is 21.8. The molecule has 1 fully saturated rings. The van der Waals surface area contributed by atoms with Crippen molar-refractivity contribution in [2.24, 2.45) is 0 Å². The predicted molar refractivity (Wildman–Crippen MR) is 92.6 cm³/mol. The van der Waals surface area contributed by atoms with Gasteiger partial charge in [-0.3, -0.25) is 9.78 Å². The molecule has 1 aromatic carbocycles. The molecule has 7 heteroatoms. The number of carbonyl (C=O) groups is 1. The van der Waals surface area contributed by atoms with Crippen molar-refractivity contribution in [3.63, 3.8) is 0 Å². The molecule has 1 amide bonds. The van der Waals surface area contributed by atoms with Crippen molar-refractivity contribution in [2.45, 2.75) is 25.3 Å². The maximum Gasteiger partial charge on any atom is 0.251 e. The van der Waals surface area contributed by atoms with Crippen molar-refractivity contribution in [2.75, 3.05) is 11.5 Å². The summed E-state index contributed by atoms with van der Waals surface area (Å²) in [4.78, 5) is 16.7. The second kappa shape index (κ2) is 6.55. The Morgan fingerprint density at radius 3 is 2.80 bits per heavy atom. The predicted octanol–water partition coefficient (Wildman–Crippen LogP) is 2.12. The van der Waals surface area contributed by atoms with Crippen molar-refractivity contribution < 1.29 is 17.6 Å². The molecule has 0 unspecified atom stereocenters. The summed E-state index contributed by atoms with van der Waals surface area (Å²) in [5.74, 6) is -0.609. The van der Waals surface area contributed by atoms with Gasteiger partial charge in [0, 0.05) is 23.9 Å². The Morgan fingerprint density at radius 2 is 2.12 bits per heavy atom. The van der Waals surface area contributed by atoms with Crippen LogP contribution in [-0.2, 0) is 16.3 Å². The smallest absolute Gasteiger partial charge is 0.251 e. The quantitative estimate of drug-likeness (QED) is 0.904. The highest BCUT2D eigenvalue weighted by Gasteiger charge is 2.39. The third-order valence-corrected chi connectivity index (χ3v) is 6.17. The van der Waals surface area contributed by atoms with Gasteiger partial charge in [-0.1, -0.05) is 12.1 Å². The number of pyridine rings is 1. The standard InChI is InChI=1S/C18H19FN2O3S/c1-18(6-8-25(23,24)12-18)21-17(22)14-5-7-20-16(11-14)10-13-3-2-4-15(19)9-13/h2-5,7,9,11H,6,8,10,12H2,1H3,(H,21,22)/t18-/m0/s1. The molecule has 1 aromatic heterocycles. The average molecular weight is 362 g/mol. The van der Waals surface area contributed by atoms with Crippen LogP contribution in [0.15, 0.2) is 42.6 Å². The molecule has 2 heterocycles. The van der Waals surface area contributed by atoms with E-state index in [0.717, 1.165) is 5.56 Å². The SMILES string of the molecule is C[C@]1(NC(=O)c2ccnc(Cc3cccc(F)c3)c2)CCS(=O)(=O)C1. The molecule has 3 rings (SSSR count). The molecule has 5 nitrogen and oxygen atoms in total. The van der Waals surface area contributed by atoms with Crippen molar-refractivity contribution in [1.29, 1.82) is 0 Å². The minimum Gasteiger partial charge on any atom is -0.346 e. The lowest BCUT2D eigenvalue weighted by molar-refractivity contribution is 0.0915. The third kappa shape index (κ3) is 4.42. The van der Waals surface area contributed by atoms with E-state index in [1.54, 1.807) is 31.2 Å². The van der Waals surface area contributed by atoms with E-state index in [0.29, 0.717) is 24.1 Å². The van der Waals surface area contributed by atoms with Crippen molar-refractivity contribution in [3.8, 4) is 0 Å². The molecule has 0 bridgehead atoms. The van der Waals surface area contributed by atoms with Gasteiger partial charge in [-0.2, -0.15) is 0 Å². The second-order valence-corrected chi connectivity index (χ2v) is 8.88. The van der Waals surface area contributed by atoms with Crippen LogP contribution in [0.4, 0.5) is 4.39 Å². The Morgan fingerprint density at radius 1 is 1.32 bits per heavy atom. The van der Waals surface area contributed by atoms with Gasteiger partial charge in [-0.05, 0) is 43.2 Å². The molecule has 0 radical (unpaired) electrons. The lowest BCUT2D eigenvalue weighted by Crippen LogP contribution is -2.46. The number of rotatable bonds is 4. The summed E-state index contributed by atoms with van der Waals surface area (Å²) in [6.45, 7) is 1.74. The first-order valence-corrected chi connectivity index (χ1v) is 9.79. The van der Waals surface area contributed by atoms with E-state index in [1.807, 2.05) is 0 Å². The van der Waals surface area contributed by atoms with Gasteiger partial charge in [0.1, 0.15) is 5.82 Å². The topological polar surface area (TPSA) is 76.1 Å². The maximum absolute atomic E-state index is 13.3. The Kier molecular flexibility index (Phi) is 4.60. The van der Waals surface area contributed by atoms with Gasteiger partial charge in [0.15, 0.2) is 9.84 Å². The Balaban J connectivity index is 1.74. The number of nitrogens with one attached hydrogen (secondary N) is 1. The summed E-state index contributed by atoms with van der Waals surface area (Å²) in [5.41, 5.74) is 1.07. The van der Waals surface area contributed by atoms with Crippen LogP contribution in [0.1, 0.15) is 35.0 Å². The summed E-state index contributed by atoms with van der Waals surface area (Å²) < 4.78 is 36.6. The fraction of sp³-hybridized carbons (Fsp3) is 0.333. The van der Waals surface area contributed by atoms with Crippen molar-refractivity contribution in [1.82, 2.24) is 10.3 Å². The summed E-state index contributed by atoms with van der Waals surface area (Å²) in [6.07, 6.45) is 2.34. The molecule has 1 atom stereocenters. The molecule has 1 aliphatic heterocycles. The Labute approximate surface area is 146 Å². The first kappa shape index (κ1) is 17.5. The maximum atomic E-state index is 13.3. The van der Waals surface area contributed by atoms with E-state index in [4.69, 9.17) is 0 Å². The van der Waals surface area contributed by atoms with Crippen LogP contribution in [-0.4, -0.2) is 36.4 Å². The van der Waals surface area contributed by atoms with E-state index in [2.05, 4.69) is 10.3 Å². The molecule has 1 saturated heterocycles. The molecule has 0 saturated carbocycles. The fourth-order valence-corrected chi connectivity index (χ4v) is 5.12. The van der Waals surface area contributed by atoms with Crippen LogP contribution in [0, 0.1) is 5.82 Å². The monoisotopic (exact) mass is 362 g/mol. The lowest BCUT2D eigenvalue weighted by Gasteiger charge is -2.23. The minimum absolute atomic E-state index is 0.0486. The Hall–Kier alpha value is -2.28. The number of sulfone groups is 1. The van der Waals surface area contributed by atoms with Gasteiger partial charge in [-0.25, -0.2) is 12.8 Å². The van der Waals surface area contributed by atoms with Crippen molar-refractivity contribution in [3.05, 3.63) is 65.2 Å². The number of aromatic nitrogens is 1. The van der Waals surface area contributed by atoms with Gasteiger partial charge in [0.2, 0.25) is 0 Å². The highest BCUT2D eigenvalue weighted by atomic mass is 32.2. The minimum atomic E-state index is -3.10. The number of carbonyl (C=O) groups excluding carboxylic acids is 1. The lowest BCUT2D eigenvalue weighted by atomic mass is 10.0. The number of benzene rings is 1. The summed E-state index contributed by atoms with van der Waals surface area (Å²) in [5, 5.41) is 2.82. The zero-order chi connectivity index (χ0) is 18.1. The number of nitrogens with zero attached hydrogens (tertiary/aromatic N) is 1. The van der Waals surface area contributed by atoms with Crippen LogP contribution in [0.2, 0.25) is 0 Å². The van der Waals surface area contributed by atoms with E-state index in [9.17, 15) is 17.6 Å². The van der Waals surface area contributed by atoms with Gasteiger partial charge >= 0.3 is 0 Å². The summed E-state index contributed by atoms with van der Waals surface area (Å²) in [6, 6.07) is 9.45. The van der Waals surface area contributed by atoms with E-state index < -0.39 is 15.4 Å². The molecular weight excluding hydrogens is 343 g/mol. The molecule has 0 spiro atoms. The van der Waals surface area contributed by atoms with Gasteiger partial charge in [0.25, 0.3) is 5.91 Å². The summed E-state index contributed by atoms with van der Waals surface area (Å²) >= 11 is 0. The van der Waals surface area contributed by atoms with Crippen LogP contribution in [0.3, 0.4) is 0 Å². The van der Waals surface area contributed by atoms with Crippen LogP contribution >= 0.6 is 0 Å². The van der Waals surface area contributed by atoms with Gasteiger partial charge < -0.3 is 5.32 Å². The molecule has 1 aliphatic rings. The highest BCUT2D eigenvalue weighted by molar-refractivity contribution is 7.91. The van der Waals surface area contributed by atoms with Crippen LogP contribution in [0.25, 0.3) is 0 Å². The number of halogens is 1. The van der Waals surface area contributed by atoms with Gasteiger partial charge in [0.05, 0.1) is 17.0 Å². The average Bonchev–Trinajstić information content (AvgIpc) is 2.81. The number of amides is 1. The molecule has 0 aliphatic carbocycles. The number of hydrogen-bond donors (Lipinski definition) is 1. The van der Waals surface area contributed by atoms with Crippen molar-refractivity contribution >= 4 is 15.7 Å². The molecule has 25 heavy (non-hydrogen) atoms. The van der Waals surface area contributed by atoms with E-state index >= 15 is 0 Å².